The van der Waals surface area contributed by atoms with Gasteiger partial charge in [0.1, 0.15) is 10.3 Å². The van der Waals surface area contributed by atoms with E-state index in [4.69, 9.17) is 5.11 Å². The van der Waals surface area contributed by atoms with E-state index in [0.717, 1.165) is 15.6 Å². The van der Waals surface area contributed by atoms with Crippen molar-refractivity contribution in [2.75, 3.05) is 13.6 Å². The van der Waals surface area contributed by atoms with Gasteiger partial charge in [0.05, 0.1) is 6.54 Å². The molecule has 1 atom stereocenters. The number of rotatable bonds is 7. The van der Waals surface area contributed by atoms with Crippen molar-refractivity contribution in [3.63, 3.8) is 0 Å². The second-order valence-electron chi connectivity index (χ2n) is 4.82. The van der Waals surface area contributed by atoms with Crippen molar-refractivity contribution in [3.05, 3.63) is 17.5 Å². The molecule has 0 aromatic carbocycles. The number of carboxylic acids is 1. The minimum atomic E-state index is -3.72. The average Bonchev–Trinajstić information content (AvgIpc) is 2.89. The fourth-order valence-corrected chi connectivity index (χ4v) is 3.91. The van der Waals surface area contributed by atoms with Crippen LogP contribution in [0.5, 0.6) is 0 Å². The molecule has 21 heavy (non-hydrogen) atoms. The Labute approximate surface area is 127 Å². The Balaban J connectivity index is 2.73. The number of amides is 1. The lowest BCUT2D eigenvalue weighted by atomic mass is 10.1. The highest BCUT2D eigenvalue weighted by molar-refractivity contribution is 7.91. The molecule has 7 nitrogen and oxygen atoms in total. The Kier molecular flexibility index (Phi) is 5.87. The number of likely N-dealkylation sites (N-methyl/N-ethyl adjacent to an activating group) is 1. The monoisotopic (exact) mass is 334 g/mol. The van der Waals surface area contributed by atoms with E-state index in [9.17, 15) is 18.0 Å². The number of nitrogens with one attached hydrogen (secondary N) is 1. The Morgan fingerprint density at radius 3 is 2.48 bits per heavy atom. The van der Waals surface area contributed by atoms with Crippen LogP contribution in [0, 0.1) is 5.92 Å². The van der Waals surface area contributed by atoms with Gasteiger partial charge in [-0.3, -0.25) is 4.79 Å². The topological polar surface area (TPSA) is 104 Å². The molecule has 0 saturated heterocycles. The van der Waals surface area contributed by atoms with Gasteiger partial charge >= 0.3 is 5.97 Å². The maximum atomic E-state index is 12.1. The number of carboxylic acid groups (broad SMARTS) is 1. The van der Waals surface area contributed by atoms with Crippen LogP contribution in [0.25, 0.3) is 0 Å². The highest BCUT2D eigenvalue weighted by Gasteiger charge is 2.27. The van der Waals surface area contributed by atoms with Gasteiger partial charge in [0, 0.05) is 7.05 Å². The van der Waals surface area contributed by atoms with E-state index in [-0.39, 0.29) is 10.1 Å². The number of hydrogen-bond acceptors (Lipinski definition) is 5. The van der Waals surface area contributed by atoms with Crippen molar-refractivity contribution in [1.82, 2.24) is 9.62 Å². The lowest BCUT2D eigenvalue weighted by Gasteiger charge is -2.20. The maximum Gasteiger partial charge on any atom is 0.326 e. The van der Waals surface area contributed by atoms with Gasteiger partial charge in [0.25, 0.3) is 10.0 Å². The highest BCUT2D eigenvalue weighted by Crippen LogP contribution is 2.19. The molecule has 0 bridgehead atoms. The fourth-order valence-electron chi connectivity index (χ4n) is 1.58. The minimum absolute atomic E-state index is 0.136. The van der Waals surface area contributed by atoms with Crippen LogP contribution in [0.4, 0.5) is 0 Å². The van der Waals surface area contributed by atoms with E-state index in [1.165, 1.54) is 13.1 Å². The molecule has 0 aliphatic heterocycles. The number of aliphatic carboxylic acids is 1. The lowest BCUT2D eigenvalue weighted by molar-refractivity contribution is -0.143. The van der Waals surface area contributed by atoms with Gasteiger partial charge < -0.3 is 10.4 Å². The van der Waals surface area contributed by atoms with E-state index < -0.39 is 34.5 Å². The summed E-state index contributed by atoms with van der Waals surface area (Å²) in [5.41, 5.74) is 0. The molecule has 1 aromatic heterocycles. The standard InChI is InChI=1S/C12H18N2O5S2/c1-8(2)11(12(16)17)13-9(15)7-14(3)21(18,19)10-5-4-6-20-10/h4-6,8,11H,7H2,1-3H3,(H,13,15)(H,16,17). The molecule has 0 aliphatic carbocycles. The molecule has 1 amide bonds. The van der Waals surface area contributed by atoms with Crippen LogP contribution in [-0.2, 0) is 19.6 Å². The summed E-state index contributed by atoms with van der Waals surface area (Å²) in [5, 5.41) is 12.9. The van der Waals surface area contributed by atoms with E-state index in [1.807, 2.05) is 0 Å². The quantitative estimate of drug-likeness (QED) is 0.760. The summed E-state index contributed by atoms with van der Waals surface area (Å²) in [7, 11) is -2.45. The smallest absolute Gasteiger partial charge is 0.326 e. The molecule has 1 aromatic rings. The molecular weight excluding hydrogens is 316 g/mol. The van der Waals surface area contributed by atoms with Crippen LogP contribution in [0.3, 0.4) is 0 Å². The van der Waals surface area contributed by atoms with Crippen molar-refractivity contribution in [2.45, 2.75) is 24.1 Å². The zero-order valence-electron chi connectivity index (χ0n) is 11.9. The van der Waals surface area contributed by atoms with Crippen molar-refractivity contribution >= 4 is 33.2 Å². The first-order valence-electron chi connectivity index (χ1n) is 6.18. The largest absolute Gasteiger partial charge is 0.480 e. The summed E-state index contributed by atoms with van der Waals surface area (Å²) in [5.74, 6) is -2.11. The summed E-state index contributed by atoms with van der Waals surface area (Å²) < 4.78 is 25.3. The van der Waals surface area contributed by atoms with Crippen LogP contribution < -0.4 is 5.32 Å². The van der Waals surface area contributed by atoms with Crippen LogP contribution in [-0.4, -0.2) is 49.3 Å². The third-order valence-electron chi connectivity index (χ3n) is 2.78. The molecular formula is C12H18N2O5S2. The molecule has 0 spiro atoms. The molecule has 0 radical (unpaired) electrons. The number of nitrogens with zero attached hydrogens (tertiary/aromatic N) is 1. The number of hydrogen-bond donors (Lipinski definition) is 2. The van der Waals surface area contributed by atoms with Gasteiger partial charge in [-0.2, -0.15) is 4.31 Å². The zero-order valence-corrected chi connectivity index (χ0v) is 13.6. The number of sulfonamides is 1. The van der Waals surface area contributed by atoms with Crippen LogP contribution in [0.2, 0.25) is 0 Å². The van der Waals surface area contributed by atoms with E-state index in [0.29, 0.717) is 0 Å². The molecule has 1 rings (SSSR count). The van der Waals surface area contributed by atoms with E-state index >= 15 is 0 Å². The summed E-state index contributed by atoms with van der Waals surface area (Å²) in [6.07, 6.45) is 0. The normalized spacial score (nSPS) is 13.4. The summed E-state index contributed by atoms with van der Waals surface area (Å²) in [6.45, 7) is 2.88. The SMILES string of the molecule is CC(C)C(NC(=O)CN(C)S(=O)(=O)c1cccs1)C(=O)O. The van der Waals surface area contributed by atoms with Crippen molar-refractivity contribution < 1.29 is 23.1 Å². The van der Waals surface area contributed by atoms with Crippen molar-refractivity contribution in [3.8, 4) is 0 Å². The maximum absolute atomic E-state index is 12.1. The summed E-state index contributed by atoms with van der Waals surface area (Å²) >= 11 is 1.05. The Hall–Kier alpha value is -1.45. The van der Waals surface area contributed by atoms with Gasteiger partial charge in [-0.25, -0.2) is 13.2 Å². The first-order valence-corrected chi connectivity index (χ1v) is 8.50. The first-order chi connectivity index (χ1) is 9.66. The second kappa shape index (κ2) is 7.01. The first kappa shape index (κ1) is 17.6. The van der Waals surface area contributed by atoms with Gasteiger partial charge in [0.15, 0.2) is 0 Å². The predicted octanol–water partition coefficient (Wildman–Crippen LogP) is 0.594. The van der Waals surface area contributed by atoms with Crippen molar-refractivity contribution in [2.24, 2.45) is 5.92 Å². The number of carbonyl (C=O) groups excluding carboxylic acids is 1. The zero-order chi connectivity index (χ0) is 16.2. The number of thiophene rings is 1. The molecule has 1 unspecified atom stereocenters. The fraction of sp³-hybridized carbons (Fsp3) is 0.500. The van der Waals surface area contributed by atoms with E-state index in [1.54, 1.807) is 25.3 Å². The molecule has 0 fully saturated rings. The molecule has 0 aliphatic rings. The highest BCUT2D eigenvalue weighted by atomic mass is 32.2. The molecule has 0 saturated carbocycles. The van der Waals surface area contributed by atoms with Gasteiger partial charge in [0.2, 0.25) is 5.91 Å². The summed E-state index contributed by atoms with van der Waals surface area (Å²) in [6, 6.07) is 2.00. The molecule has 9 heteroatoms. The lowest BCUT2D eigenvalue weighted by Crippen LogP contribution is -2.48. The molecule has 118 valence electrons. The van der Waals surface area contributed by atoms with Gasteiger partial charge in [-0.05, 0) is 17.4 Å². The van der Waals surface area contributed by atoms with Crippen LogP contribution in [0.1, 0.15) is 13.8 Å². The Morgan fingerprint density at radius 2 is 2.05 bits per heavy atom. The van der Waals surface area contributed by atoms with Gasteiger partial charge in [-0.15, -0.1) is 11.3 Å². The minimum Gasteiger partial charge on any atom is -0.480 e. The second-order valence-corrected chi connectivity index (χ2v) is 8.04. The van der Waals surface area contributed by atoms with Crippen molar-refractivity contribution in [1.29, 1.82) is 0 Å². The Morgan fingerprint density at radius 1 is 1.43 bits per heavy atom. The molecule has 2 N–H and O–H groups in total. The van der Waals surface area contributed by atoms with E-state index in [2.05, 4.69) is 5.32 Å². The third kappa shape index (κ3) is 4.51. The Bertz CT molecular complexity index is 595. The number of carbonyl (C=O) groups is 2. The van der Waals surface area contributed by atoms with Gasteiger partial charge in [-0.1, -0.05) is 19.9 Å². The van der Waals surface area contributed by atoms with Crippen LogP contribution in [0.15, 0.2) is 21.7 Å². The predicted molar refractivity (Wildman–Crippen MR) is 78.5 cm³/mol. The third-order valence-corrected chi connectivity index (χ3v) is 5.95. The summed E-state index contributed by atoms with van der Waals surface area (Å²) in [4.78, 5) is 22.8. The van der Waals surface area contributed by atoms with Crippen LogP contribution >= 0.6 is 11.3 Å². The average molecular weight is 334 g/mol. The molecule has 1 heterocycles.